The van der Waals surface area contributed by atoms with Crippen LogP contribution in [-0.2, 0) is 15.3 Å². The molecule has 0 aliphatic heterocycles. The van der Waals surface area contributed by atoms with Crippen molar-refractivity contribution in [3.63, 3.8) is 0 Å². The third kappa shape index (κ3) is 4.86. The van der Waals surface area contributed by atoms with Crippen molar-refractivity contribution in [3.8, 4) is 5.69 Å². The number of carboxylic acid groups (broad SMARTS) is 1. The van der Waals surface area contributed by atoms with Crippen molar-refractivity contribution < 1.29 is 23.1 Å². The molecule has 9 nitrogen and oxygen atoms in total. The Morgan fingerprint density at radius 1 is 1.09 bits per heavy atom. The minimum atomic E-state index is -3.58. The van der Waals surface area contributed by atoms with Gasteiger partial charge in [-0.25, -0.2) is 17.9 Å². The zero-order valence-electron chi connectivity index (χ0n) is 18.4. The number of carbonyl (C=O) groups excluding carboxylic acids is 1. The van der Waals surface area contributed by atoms with Gasteiger partial charge in [-0.05, 0) is 47.7 Å². The highest BCUT2D eigenvalue weighted by Gasteiger charge is 2.21. The molecule has 0 fully saturated rings. The summed E-state index contributed by atoms with van der Waals surface area (Å²) in [5.41, 5.74) is 2.06. The van der Waals surface area contributed by atoms with Crippen molar-refractivity contribution in [2.75, 3.05) is 11.6 Å². The van der Waals surface area contributed by atoms with Gasteiger partial charge in [-0.15, -0.1) is 5.10 Å². The maximum Gasteiger partial charge on any atom is 0.358 e. The van der Waals surface area contributed by atoms with E-state index in [9.17, 15) is 18.0 Å². The third-order valence-electron chi connectivity index (χ3n) is 4.92. The van der Waals surface area contributed by atoms with Crippen molar-refractivity contribution >= 4 is 27.4 Å². The first-order chi connectivity index (χ1) is 14.8. The van der Waals surface area contributed by atoms with Gasteiger partial charge in [-0.3, -0.25) is 4.79 Å². The predicted molar refractivity (Wildman–Crippen MR) is 119 cm³/mol. The van der Waals surface area contributed by atoms with Gasteiger partial charge in [0.15, 0.2) is 15.5 Å². The van der Waals surface area contributed by atoms with Crippen LogP contribution in [0, 0.1) is 6.92 Å². The van der Waals surface area contributed by atoms with E-state index in [1.807, 2.05) is 20.8 Å². The Morgan fingerprint density at radius 2 is 1.78 bits per heavy atom. The Balaban J connectivity index is 2.01. The quantitative estimate of drug-likeness (QED) is 0.602. The van der Waals surface area contributed by atoms with E-state index in [-0.39, 0.29) is 27.3 Å². The van der Waals surface area contributed by atoms with Crippen molar-refractivity contribution in [1.29, 1.82) is 0 Å². The topological polar surface area (TPSA) is 131 Å². The number of aromatic carboxylic acids is 1. The van der Waals surface area contributed by atoms with Crippen molar-refractivity contribution in [3.05, 3.63) is 65.0 Å². The average molecular weight is 457 g/mol. The van der Waals surface area contributed by atoms with Gasteiger partial charge in [-0.1, -0.05) is 38.1 Å². The fourth-order valence-corrected chi connectivity index (χ4v) is 3.91. The number of carboxylic acids is 1. The van der Waals surface area contributed by atoms with Crippen LogP contribution in [0.3, 0.4) is 0 Å². The first kappa shape index (κ1) is 23.1. The van der Waals surface area contributed by atoms with E-state index >= 15 is 0 Å². The molecule has 168 valence electrons. The molecule has 1 aromatic heterocycles. The molecule has 2 aromatic carbocycles. The molecule has 0 aliphatic carbocycles. The average Bonchev–Trinajstić information content (AvgIpc) is 3.17. The van der Waals surface area contributed by atoms with Crippen LogP contribution in [0.5, 0.6) is 0 Å². The molecule has 2 N–H and O–H groups in total. The summed E-state index contributed by atoms with van der Waals surface area (Å²) in [6, 6.07) is 9.72. The van der Waals surface area contributed by atoms with Crippen LogP contribution in [-0.4, -0.2) is 46.7 Å². The molecule has 1 amide bonds. The maximum absolute atomic E-state index is 13.0. The summed E-state index contributed by atoms with van der Waals surface area (Å²) in [6.45, 7) is 7.76. The Hall–Kier alpha value is -3.53. The standard InChI is InChI=1S/C22H24N4O5S/c1-13-6-7-14(10-18(13)26-12-17(21(28)29)24-25-26)20(27)23-16-11-15(22(2,3)4)8-9-19(16)32(5,30)31/h6-12H,1-5H3,(H,23,27)(H,28,29). The second-order valence-electron chi connectivity index (χ2n) is 8.54. The van der Waals surface area contributed by atoms with Gasteiger partial charge < -0.3 is 10.4 Å². The van der Waals surface area contributed by atoms with E-state index in [2.05, 4.69) is 15.6 Å². The number of nitrogens with one attached hydrogen (secondary N) is 1. The number of aryl methyl sites for hydroxylation is 1. The number of benzene rings is 2. The zero-order chi connectivity index (χ0) is 23.8. The van der Waals surface area contributed by atoms with Gasteiger partial charge in [0.2, 0.25) is 0 Å². The number of anilines is 1. The molecule has 0 saturated heterocycles. The highest BCUT2D eigenvalue weighted by Crippen LogP contribution is 2.30. The lowest BCUT2D eigenvalue weighted by molar-refractivity contribution is 0.0690. The number of nitrogens with zero attached hydrogens (tertiary/aromatic N) is 3. The van der Waals surface area contributed by atoms with Crippen molar-refractivity contribution in [1.82, 2.24) is 15.0 Å². The summed E-state index contributed by atoms with van der Waals surface area (Å²) < 4.78 is 25.8. The van der Waals surface area contributed by atoms with Crippen LogP contribution < -0.4 is 5.32 Å². The Kier molecular flexibility index (Phi) is 5.92. The number of rotatable bonds is 5. The summed E-state index contributed by atoms with van der Waals surface area (Å²) in [5.74, 6) is -1.73. The number of carbonyl (C=O) groups is 2. The lowest BCUT2D eigenvalue weighted by atomic mass is 9.87. The zero-order valence-corrected chi connectivity index (χ0v) is 19.2. The molecule has 3 aromatic rings. The highest BCUT2D eigenvalue weighted by atomic mass is 32.2. The van der Waals surface area contributed by atoms with Crippen LogP contribution in [0.15, 0.2) is 47.5 Å². The number of amides is 1. The van der Waals surface area contributed by atoms with Crippen LogP contribution in [0.2, 0.25) is 0 Å². The maximum atomic E-state index is 13.0. The van der Waals surface area contributed by atoms with E-state index in [1.54, 1.807) is 37.3 Å². The summed E-state index contributed by atoms with van der Waals surface area (Å²) in [4.78, 5) is 24.1. The lowest BCUT2D eigenvalue weighted by Gasteiger charge is -2.21. The number of aromatic nitrogens is 3. The van der Waals surface area contributed by atoms with E-state index in [4.69, 9.17) is 5.11 Å². The molecular weight excluding hydrogens is 432 g/mol. The molecule has 0 atom stereocenters. The van der Waals surface area contributed by atoms with Gasteiger partial charge in [-0.2, -0.15) is 0 Å². The smallest absolute Gasteiger partial charge is 0.358 e. The monoisotopic (exact) mass is 456 g/mol. The molecular formula is C22H24N4O5S. The Labute approximate surface area is 186 Å². The van der Waals surface area contributed by atoms with Gasteiger partial charge in [0, 0.05) is 11.8 Å². The normalized spacial score (nSPS) is 11.9. The van der Waals surface area contributed by atoms with Gasteiger partial charge >= 0.3 is 5.97 Å². The fourth-order valence-electron chi connectivity index (χ4n) is 3.09. The number of sulfone groups is 1. The minimum Gasteiger partial charge on any atom is -0.476 e. The molecule has 32 heavy (non-hydrogen) atoms. The summed E-state index contributed by atoms with van der Waals surface area (Å²) in [5, 5.41) is 19.2. The van der Waals surface area contributed by atoms with E-state index in [1.165, 1.54) is 16.9 Å². The summed E-state index contributed by atoms with van der Waals surface area (Å²) in [6.07, 6.45) is 2.34. The van der Waals surface area contributed by atoms with E-state index in [0.717, 1.165) is 17.4 Å². The van der Waals surface area contributed by atoms with Crippen LogP contribution in [0.4, 0.5) is 5.69 Å². The van der Waals surface area contributed by atoms with Crippen LogP contribution >= 0.6 is 0 Å². The first-order valence-corrected chi connectivity index (χ1v) is 11.6. The molecule has 0 aliphatic rings. The molecule has 1 heterocycles. The SMILES string of the molecule is Cc1ccc(C(=O)Nc2cc(C(C)(C)C)ccc2S(C)(=O)=O)cc1-n1cc(C(=O)O)nn1. The second kappa shape index (κ2) is 8.19. The molecule has 0 spiro atoms. The fraction of sp³-hybridized carbons (Fsp3) is 0.273. The Morgan fingerprint density at radius 3 is 2.34 bits per heavy atom. The Bertz CT molecular complexity index is 1320. The third-order valence-corrected chi connectivity index (χ3v) is 6.08. The van der Waals surface area contributed by atoms with E-state index in [0.29, 0.717) is 5.69 Å². The summed E-state index contributed by atoms with van der Waals surface area (Å²) >= 11 is 0. The summed E-state index contributed by atoms with van der Waals surface area (Å²) in [7, 11) is -3.58. The molecule has 10 heteroatoms. The van der Waals surface area contributed by atoms with Gasteiger partial charge in [0.05, 0.1) is 22.5 Å². The molecule has 0 saturated carbocycles. The molecule has 0 radical (unpaired) electrons. The highest BCUT2D eigenvalue weighted by molar-refractivity contribution is 7.90. The van der Waals surface area contributed by atoms with Crippen LogP contribution in [0.1, 0.15) is 52.7 Å². The molecule has 0 bridgehead atoms. The van der Waals surface area contributed by atoms with E-state index < -0.39 is 21.7 Å². The minimum absolute atomic E-state index is 0.0218. The molecule has 0 unspecified atom stereocenters. The molecule has 3 rings (SSSR count). The van der Waals surface area contributed by atoms with Crippen LogP contribution in [0.25, 0.3) is 5.69 Å². The largest absolute Gasteiger partial charge is 0.476 e. The number of hydrogen-bond acceptors (Lipinski definition) is 6. The van der Waals surface area contributed by atoms with Crippen molar-refractivity contribution in [2.24, 2.45) is 0 Å². The van der Waals surface area contributed by atoms with Crippen molar-refractivity contribution in [2.45, 2.75) is 38.0 Å². The van der Waals surface area contributed by atoms with Gasteiger partial charge in [0.25, 0.3) is 5.91 Å². The predicted octanol–water partition coefficient (Wildman–Crippen LogP) is 3.23. The number of hydrogen-bond donors (Lipinski definition) is 2. The van der Waals surface area contributed by atoms with Gasteiger partial charge in [0.1, 0.15) is 0 Å². The second-order valence-corrected chi connectivity index (χ2v) is 10.5. The first-order valence-electron chi connectivity index (χ1n) is 9.70. The lowest BCUT2D eigenvalue weighted by Crippen LogP contribution is -2.17.